The number of ketones is 1. The van der Waals surface area contributed by atoms with Gasteiger partial charge in [0.1, 0.15) is 5.78 Å². The van der Waals surface area contributed by atoms with E-state index in [9.17, 15) is 4.79 Å². The van der Waals surface area contributed by atoms with Crippen molar-refractivity contribution >= 4 is 16.7 Å². The molecule has 3 aromatic rings. The molecule has 5 rings (SSSR count). The van der Waals surface area contributed by atoms with Crippen molar-refractivity contribution in [3.05, 3.63) is 48.4 Å². The van der Waals surface area contributed by atoms with E-state index in [-0.39, 0.29) is 6.23 Å². The van der Waals surface area contributed by atoms with Crippen LogP contribution in [0.2, 0.25) is 0 Å². The minimum absolute atomic E-state index is 0.0134. The normalized spacial score (nSPS) is 21.3. The fourth-order valence-electron chi connectivity index (χ4n) is 4.53. The van der Waals surface area contributed by atoms with Gasteiger partial charge in [-0.1, -0.05) is 12.1 Å². The number of hydrogen-bond acceptors (Lipinski definition) is 4. The number of fused-ring (bicyclic) bond motifs is 1. The average molecular weight is 375 g/mol. The lowest BCUT2D eigenvalue weighted by molar-refractivity contribution is -0.120. The van der Waals surface area contributed by atoms with Gasteiger partial charge in [-0.25, -0.2) is 4.68 Å². The summed E-state index contributed by atoms with van der Waals surface area (Å²) >= 11 is 0. The molecule has 1 aromatic carbocycles. The molecule has 0 spiro atoms. The lowest BCUT2D eigenvalue weighted by Crippen LogP contribution is -2.19. The van der Waals surface area contributed by atoms with E-state index in [1.807, 2.05) is 12.3 Å². The second-order valence-electron chi connectivity index (χ2n) is 7.94. The Morgan fingerprint density at radius 3 is 2.68 bits per heavy atom. The quantitative estimate of drug-likeness (QED) is 0.645. The summed E-state index contributed by atoms with van der Waals surface area (Å²) in [6.45, 7) is 0.799. The van der Waals surface area contributed by atoms with Crippen LogP contribution in [0.15, 0.2) is 42.7 Å². The van der Waals surface area contributed by atoms with Crippen LogP contribution in [0, 0.1) is 0 Å². The highest BCUT2D eigenvalue weighted by Gasteiger charge is 2.27. The van der Waals surface area contributed by atoms with Gasteiger partial charge in [-0.05, 0) is 55.9 Å². The number of rotatable bonds is 3. The summed E-state index contributed by atoms with van der Waals surface area (Å²) < 4.78 is 8.13. The average Bonchev–Trinajstić information content (AvgIpc) is 3.14. The summed E-state index contributed by atoms with van der Waals surface area (Å²) in [5.41, 5.74) is 4.52. The highest BCUT2D eigenvalue weighted by atomic mass is 16.5. The van der Waals surface area contributed by atoms with Crippen molar-refractivity contribution in [1.82, 2.24) is 14.8 Å². The summed E-state index contributed by atoms with van der Waals surface area (Å²) in [6, 6.07) is 10.6. The summed E-state index contributed by atoms with van der Waals surface area (Å²) in [6.07, 6.45) is 10.1. The van der Waals surface area contributed by atoms with E-state index in [2.05, 4.69) is 33.9 Å². The third-order valence-electron chi connectivity index (χ3n) is 6.09. The van der Waals surface area contributed by atoms with Crippen molar-refractivity contribution in [1.29, 1.82) is 0 Å². The number of ether oxygens (including phenoxy) is 1. The predicted molar refractivity (Wildman–Crippen MR) is 108 cm³/mol. The SMILES string of the molecule is O=C1CCC(c2nn(C3CCCCO3)c3ccc(-c4cccnc4)cc23)CC1. The van der Waals surface area contributed by atoms with Crippen molar-refractivity contribution in [2.45, 2.75) is 57.1 Å². The van der Waals surface area contributed by atoms with E-state index in [1.165, 1.54) is 11.8 Å². The number of carbonyl (C=O) groups is 1. The lowest BCUT2D eigenvalue weighted by atomic mass is 9.85. The van der Waals surface area contributed by atoms with Gasteiger partial charge in [0.05, 0.1) is 11.2 Å². The summed E-state index contributed by atoms with van der Waals surface area (Å²) in [5.74, 6) is 0.723. The topological polar surface area (TPSA) is 57.0 Å². The van der Waals surface area contributed by atoms with Crippen LogP contribution < -0.4 is 0 Å². The second kappa shape index (κ2) is 7.47. The number of aromatic nitrogens is 3. The van der Waals surface area contributed by atoms with Crippen LogP contribution in [0.3, 0.4) is 0 Å². The zero-order chi connectivity index (χ0) is 18.9. The predicted octanol–water partition coefficient (Wildman–Crippen LogP) is 5.02. The van der Waals surface area contributed by atoms with Crippen LogP contribution >= 0.6 is 0 Å². The number of hydrogen-bond donors (Lipinski definition) is 0. The van der Waals surface area contributed by atoms with Gasteiger partial charge in [-0.2, -0.15) is 5.10 Å². The highest BCUT2D eigenvalue weighted by molar-refractivity contribution is 5.88. The highest BCUT2D eigenvalue weighted by Crippen LogP contribution is 2.38. The molecule has 28 heavy (non-hydrogen) atoms. The minimum Gasteiger partial charge on any atom is -0.356 e. The molecule has 1 saturated heterocycles. The number of carbonyl (C=O) groups excluding carboxylic acids is 1. The number of benzene rings is 1. The van der Waals surface area contributed by atoms with E-state index in [4.69, 9.17) is 9.84 Å². The largest absolute Gasteiger partial charge is 0.356 e. The van der Waals surface area contributed by atoms with E-state index in [0.717, 1.165) is 54.6 Å². The molecule has 2 fully saturated rings. The zero-order valence-electron chi connectivity index (χ0n) is 16.0. The van der Waals surface area contributed by atoms with Gasteiger partial charge in [-0.3, -0.25) is 9.78 Å². The van der Waals surface area contributed by atoms with Gasteiger partial charge in [0.25, 0.3) is 0 Å². The first-order valence-electron chi connectivity index (χ1n) is 10.4. The van der Waals surface area contributed by atoms with Gasteiger partial charge in [0.15, 0.2) is 6.23 Å². The molecule has 5 nitrogen and oxygen atoms in total. The number of nitrogens with zero attached hydrogens (tertiary/aromatic N) is 3. The van der Waals surface area contributed by atoms with Crippen LogP contribution in [-0.4, -0.2) is 27.2 Å². The molecule has 5 heteroatoms. The summed E-state index contributed by atoms with van der Waals surface area (Å²) in [7, 11) is 0. The molecule has 3 heterocycles. The fraction of sp³-hybridized carbons (Fsp3) is 0.435. The third-order valence-corrected chi connectivity index (χ3v) is 6.09. The molecule has 0 bridgehead atoms. The fourth-order valence-corrected chi connectivity index (χ4v) is 4.53. The molecular formula is C23H25N3O2. The summed E-state index contributed by atoms with van der Waals surface area (Å²) in [4.78, 5) is 16.0. The first-order valence-corrected chi connectivity index (χ1v) is 10.4. The van der Waals surface area contributed by atoms with Crippen LogP contribution in [-0.2, 0) is 9.53 Å². The molecular weight excluding hydrogens is 350 g/mol. The van der Waals surface area contributed by atoms with E-state index in [0.29, 0.717) is 24.5 Å². The molecule has 2 aliphatic rings. The smallest absolute Gasteiger partial charge is 0.150 e. The van der Waals surface area contributed by atoms with Crippen molar-refractivity contribution < 1.29 is 9.53 Å². The van der Waals surface area contributed by atoms with E-state index < -0.39 is 0 Å². The Labute approximate surface area is 164 Å². The van der Waals surface area contributed by atoms with Crippen LogP contribution in [0.25, 0.3) is 22.0 Å². The molecule has 1 saturated carbocycles. The molecule has 1 aliphatic heterocycles. The Balaban J connectivity index is 1.61. The first kappa shape index (κ1) is 17.6. The monoisotopic (exact) mass is 375 g/mol. The number of Topliss-reactive ketones (excluding diaryl/α,β-unsaturated/α-hetero) is 1. The molecule has 1 aliphatic carbocycles. The Bertz CT molecular complexity index is 980. The van der Waals surface area contributed by atoms with Gasteiger partial charge in [-0.15, -0.1) is 0 Å². The van der Waals surface area contributed by atoms with E-state index >= 15 is 0 Å². The molecule has 144 valence electrons. The van der Waals surface area contributed by atoms with E-state index in [1.54, 1.807) is 6.20 Å². The molecule has 1 unspecified atom stereocenters. The molecule has 2 aromatic heterocycles. The van der Waals surface area contributed by atoms with Crippen LogP contribution in [0.5, 0.6) is 0 Å². The molecule has 1 atom stereocenters. The Kier molecular flexibility index (Phi) is 4.69. The van der Waals surface area contributed by atoms with Gasteiger partial charge in [0, 0.05) is 48.7 Å². The Morgan fingerprint density at radius 1 is 1.04 bits per heavy atom. The van der Waals surface area contributed by atoms with Crippen molar-refractivity contribution in [3.63, 3.8) is 0 Å². The standard InChI is InChI=1S/C23H25N3O2/c27-19-9-6-16(7-10-19)23-20-14-17(18-4-3-12-24-15-18)8-11-21(20)26(25-23)22-5-1-2-13-28-22/h3-4,8,11-12,14-16,22H,1-2,5-7,9-10,13H2. The minimum atomic E-state index is 0.0134. The van der Waals surface area contributed by atoms with Crippen LogP contribution in [0.1, 0.15) is 62.8 Å². The Hall–Kier alpha value is -2.53. The molecule has 0 amide bonds. The van der Waals surface area contributed by atoms with Gasteiger partial charge < -0.3 is 4.74 Å². The maximum absolute atomic E-state index is 11.7. The third kappa shape index (κ3) is 3.24. The van der Waals surface area contributed by atoms with Gasteiger partial charge >= 0.3 is 0 Å². The van der Waals surface area contributed by atoms with Crippen LogP contribution in [0.4, 0.5) is 0 Å². The first-order chi connectivity index (χ1) is 13.8. The van der Waals surface area contributed by atoms with Gasteiger partial charge in [0.2, 0.25) is 0 Å². The second-order valence-corrected chi connectivity index (χ2v) is 7.94. The Morgan fingerprint density at radius 2 is 1.93 bits per heavy atom. The molecule has 0 N–H and O–H groups in total. The van der Waals surface area contributed by atoms with Crippen molar-refractivity contribution in [2.75, 3.05) is 6.61 Å². The molecule has 0 radical (unpaired) electrons. The summed E-state index contributed by atoms with van der Waals surface area (Å²) in [5, 5.41) is 6.25. The zero-order valence-corrected chi connectivity index (χ0v) is 16.0. The maximum atomic E-state index is 11.7. The van der Waals surface area contributed by atoms with Crippen molar-refractivity contribution in [2.24, 2.45) is 0 Å². The lowest BCUT2D eigenvalue weighted by Gasteiger charge is -2.24. The number of pyridine rings is 1. The maximum Gasteiger partial charge on any atom is 0.150 e. The van der Waals surface area contributed by atoms with Crippen molar-refractivity contribution in [3.8, 4) is 11.1 Å².